The van der Waals surface area contributed by atoms with Crippen molar-refractivity contribution in [1.29, 1.82) is 0 Å². The average Bonchev–Trinajstić information content (AvgIpc) is 2.46. The van der Waals surface area contributed by atoms with Crippen molar-refractivity contribution in [3.63, 3.8) is 0 Å². The van der Waals surface area contributed by atoms with Gasteiger partial charge in [0.1, 0.15) is 0 Å². The van der Waals surface area contributed by atoms with Crippen LogP contribution in [0.5, 0.6) is 0 Å². The summed E-state index contributed by atoms with van der Waals surface area (Å²) in [5, 5.41) is 5.66. The second-order valence-electron chi connectivity index (χ2n) is 5.09. The van der Waals surface area contributed by atoms with Crippen LogP contribution >= 0.6 is 0 Å². The Kier molecular flexibility index (Phi) is 4.93. The molecule has 1 aliphatic rings. The van der Waals surface area contributed by atoms with Crippen molar-refractivity contribution in [2.45, 2.75) is 25.7 Å². The number of hydrogen-bond donors (Lipinski definition) is 2. The van der Waals surface area contributed by atoms with Crippen molar-refractivity contribution >= 4 is 11.8 Å². The fourth-order valence-electron chi connectivity index (χ4n) is 2.34. The van der Waals surface area contributed by atoms with Crippen molar-refractivity contribution in [2.24, 2.45) is 5.92 Å². The third kappa shape index (κ3) is 3.95. The predicted octanol–water partition coefficient (Wildman–Crippen LogP) is 2.24. The normalized spacial score (nSPS) is 18.5. The summed E-state index contributed by atoms with van der Waals surface area (Å²) in [6.45, 7) is 4.36. The summed E-state index contributed by atoms with van der Waals surface area (Å²) in [5.74, 6) is 0.0526. The second kappa shape index (κ2) is 6.89. The van der Waals surface area contributed by atoms with Crippen LogP contribution in [0.15, 0.2) is 42.6 Å². The van der Waals surface area contributed by atoms with E-state index in [0.29, 0.717) is 12.1 Å². The van der Waals surface area contributed by atoms with Crippen LogP contribution in [0, 0.1) is 5.92 Å². The molecule has 1 aliphatic heterocycles. The number of amides is 2. The van der Waals surface area contributed by atoms with E-state index >= 15 is 0 Å². The van der Waals surface area contributed by atoms with Gasteiger partial charge in [-0.1, -0.05) is 24.8 Å². The van der Waals surface area contributed by atoms with Crippen LogP contribution in [-0.4, -0.2) is 18.4 Å². The number of hydrogen-bond acceptors (Lipinski definition) is 2. The van der Waals surface area contributed by atoms with Gasteiger partial charge in [-0.3, -0.25) is 9.59 Å². The van der Waals surface area contributed by atoms with Crippen molar-refractivity contribution < 1.29 is 9.59 Å². The van der Waals surface area contributed by atoms with Crippen LogP contribution in [0.2, 0.25) is 0 Å². The van der Waals surface area contributed by atoms with Gasteiger partial charge in [-0.05, 0) is 37.8 Å². The minimum atomic E-state index is -0.0629. The molecular formula is C16H20N2O2. The van der Waals surface area contributed by atoms with Crippen LogP contribution in [0.4, 0.5) is 0 Å². The molecule has 1 saturated heterocycles. The molecule has 0 bridgehead atoms. The summed E-state index contributed by atoms with van der Waals surface area (Å²) >= 11 is 0. The highest BCUT2D eigenvalue weighted by Crippen LogP contribution is 2.20. The Morgan fingerprint density at radius 2 is 2.10 bits per heavy atom. The Hall–Kier alpha value is -2.10. The smallest absolute Gasteiger partial charge is 0.251 e. The first-order valence-electron chi connectivity index (χ1n) is 6.98. The molecule has 106 valence electrons. The number of carbonyl (C=O) groups excluding carboxylic acids is 2. The Labute approximate surface area is 119 Å². The molecule has 4 heteroatoms. The maximum atomic E-state index is 11.8. The fraction of sp³-hybridized carbons (Fsp3) is 0.375. The highest BCUT2D eigenvalue weighted by molar-refractivity contribution is 5.94. The lowest BCUT2D eigenvalue weighted by Crippen LogP contribution is -2.35. The van der Waals surface area contributed by atoms with E-state index in [0.717, 1.165) is 31.4 Å². The molecule has 0 aliphatic carbocycles. The van der Waals surface area contributed by atoms with Crippen molar-refractivity contribution in [2.75, 3.05) is 6.54 Å². The van der Waals surface area contributed by atoms with Crippen molar-refractivity contribution in [3.8, 4) is 0 Å². The van der Waals surface area contributed by atoms with Crippen molar-refractivity contribution in [3.05, 3.63) is 48.2 Å². The van der Waals surface area contributed by atoms with Crippen molar-refractivity contribution in [1.82, 2.24) is 10.6 Å². The van der Waals surface area contributed by atoms with Gasteiger partial charge in [0.25, 0.3) is 5.91 Å². The number of allylic oxidation sites excluding steroid dienone is 1. The van der Waals surface area contributed by atoms with E-state index in [1.54, 1.807) is 12.1 Å². The predicted molar refractivity (Wildman–Crippen MR) is 78.0 cm³/mol. The molecule has 2 N–H and O–H groups in total. The molecule has 1 aromatic rings. The summed E-state index contributed by atoms with van der Waals surface area (Å²) in [5.41, 5.74) is 1.47. The van der Waals surface area contributed by atoms with E-state index in [9.17, 15) is 9.59 Å². The molecule has 1 atom stereocenters. The van der Waals surface area contributed by atoms with E-state index in [4.69, 9.17) is 0 Å². The highest BCUT2D eigenvalue weighted by atomic mass is 16.2. The Balaban J connectivity index is 1.68. The second-order valence-corrected chi connectivity index (χ2v) is 5.09. The van der Waals surface area contributed by atoms with Gasteiger partial charge < -0.3 is 10.6 Å². The number of benzene rings is 1. The fourth-order valence-corrected chi connectivity index (χ4v) is 2.34. The van der Waals surface area contributed by atoms with Gasteiger partial charge in [-0.25, -0.2) is 0 Å². The monoisotopic (exact) mass is 272 g/mol. The van der Waals surface area contributed by atoms with Gasteiger partial charge in [0.2, 0.25) is 5.91 Å². The number of nitrogens with one attached hydrogen (secondary N) is 2. The van der Waals surface area contributed by atoms with Gasteiger partial charge >= 0.3 is 0 Å². The van der Waals surface area contributed by atoms with Gasteiger partial charge in [-0.2, -0.15) is 0 Å². The molecule has 1 heterocycles. The first-order valence-corrected chi connectivity index (χ1v) is 6.98. The zero-order chi connectivity index (χ0) is 14.4. The Morgan fingerprint density at radius 1 is 1.35 bits per heavy atom. The van der Waals surface area contributed by atoms with E-state index < -0.39 is 0 Å². The summed E-state index contributed by atoms with van der Waals surface area (Å²) in [6.07, 6.45) is 3.32. The molecule has 4 nitrogen and oxygen atoms in total. The van der Waals surface area contributed by atoms with Crippen LogP contribution in [-0.2, 0) is 4.79 Å². The highest BCUT2D eigenvalue weighted by Gasteiger charge is 2.23. The van der Waals surface area contributed by atoms with Crippen LogP contribution < -0.4 is 10.6 Å². The molecule has 2 rings (SSSR count). The number of rotatable bonds is 5. The zero-order valence-electron chi connectivity index (χ0n) is 11.5. The Morgan fingerprint density at radius 3 is 2.80 bits per heavy atom. The van der Waals surface area contributed by atoms with Gasteiger partial charge in [0, 0.05) is 23.7 Å². The molecule has 1 aromatic carbocycles. The lowest BCUT2D eigenvalue weighted by Gasteiger charge is -2.23. The molecule has 1 fully saturated rings. The maximum absolute atomic E-state index is 11.8. The molecule has 0 spiro atoms. The third-order valence-electron chi connectivity index (χ3n) is 3.52. The van der Waals surface area contributed by atoms with E-state index in [1.165, 1.54) is 0 Å². The summed E-state index contributed by atoms with van der Waals surface area (Å²) in [4.78, 5) is 23.5. The molecule has 2 amide bonds. The molecule has 0 saturated carbocycles. The zero-order valence-corrected chi connectivity index (χ0v) is 11.5. The quantitative estimate of drug-likeness (QED) is 0.808. The maximum Gasteiger partial charge on any atom is 0.251 e. The van der Waals surface area contributed by atoms with E-state index in [-0.39, 0.29) is 17.7 Å². The summed E-state index contributed by atoms with van der Waals surface area (Å²) < 4.78 is 0. The minimum Gasteiger partial charge on any atom is -0.352 e. The molecule has 20 heavy (non-hydrogen) atoms. The molecule has 1 unspecified atom stereocenters. The van der Waals surface area contributed by atoms with Crippen LogP contribution in [0.1, 0.15) is 36.0 Å². The summed E-state index contributed by atoms with van der Waals surface area (Å²) in [7, 11) is 0. The molecule has 0 aromatic heterocycles. The Bertz CT molecular complexity index is 496. The molecule has 0 radical (unpaired) electrons. The lowest BCUT2D eigenvalue weighted by molar-refractivity contribution is -0.125. The van der Waals surface area contributed by atoms with E-state index in [2.05, 4.69) is 17.2 Å². The first kappa shape index (κ1) is 14.3. The topological polar surface area (TPSA) is 58.2 Å². The molecular weight excluding hydrogens is 252 g/mol. The van der Waals surface area contributed by atoms with Crippen LogP contribution in [0.3, 0.4) is 0 Å². The van der Waals surface area contributed by atoms with Crippen LogP contribution in [0.25, 0.3) is 0 Å². The minimum absolute atomic E-state index is 0.0501. The third-order valence-corrected chi connectivity index (χ3v) is 3.52. The lowest BCUT2D eigenvalue weighted by atomic mass is 9.92. The largest absolute Gasteiger partial charge is 0.352 e. The standard InChI is InChI=1S/C16H20N2O2/c1-12-9-10-14(16(20)18-12)8-5-11-17-15(19)13-6-3-2-4-7-13/h2-4,6-7,14H,1,5,8-11H2,(H,17,19)(H,18,20). The summed E-state index contributed by atoms with van der Waals surface area (Å²) in [6, 6.07) is 9.14. The van der Waals surface area contributed by atoms with Gasteiger partial charge in [-0.15, -0.1) is 0 Å². The average molecular weight is 272 g/mol. The van der Waals surface area contributed by atoms with E-state index in [1.807, 2.05) is 18.2 Å². The van der Waals surface area contributed by atoms with Gasteiger partial charge in [0.15, 0.2) is 0 Å². The van der Waals surface area contributed by atoms with Gasteiger partial charge in [0.05, 0.1) is 0 Å². The first-order chi connectivity index (χ1) is 9.66. The SMILES string of the molecule is C=C1CCC(CCCNC(=O)c2ccccc2)C(=O)N1. The number of piperidine rings is 1. The number of carbonyl (C=O) groups is 2.